The summed E-state index contributed by atoms with van der Waals surface area (Å²) in [5.41, 5.74) is 0.234. The number of hydrogen-bond donors (Lipinski definition) is 2. The summed E-state index contributed by atoms with van der Waals surface area (Å²) in [4.78, 5) is 23.3. The maximum atomic E-state index is 11.8. The third-order valence-electron chi connectivity index (χ3n) is 5.23. The minimum absolute atomic E-state index is 0.0356. The molecule has 0 aromatic rings. The van der Waals surface area contributed by atoms with Gasteiger partial charge in [0.25, 0.3) is 0 Å². The van der Waals surface area contributed by atoms with E-state index in [1.165, 1.54) is 0 Å². The van der Waals surface area contributed by atoms with Crippen molar-refractivity contribution < 1.29 is 27.5 Å². The number of hydrogen-bond acceptors (Lipinski definition) is 2. The third-order valence-corrected chi connectivity index (χ3v) is 9.01. The first-order chi connectivity index (χ1) is 9.68. The molecule has 0 aromatic carbocycles. The van der Waals surface area contributed by atoms with Crippen molar-refractivity contribution >= 4 is 11.8 Å². The monoisotopic (exact) mass is 331 g/mol. The van der Waals surface area contributed by atoms with Crippen LogP contribution < -0.4 is 10.6 Å². The second kappa shape index (κ2) is 7.28. The molecule has 4 nitrogen and oxygen atoms in total. The molecule has 0 radical (unpaired) electrons. The fourth-order valence-corrected chi connectivity index (χ4v) is 6.74. The van der Waals surface area contributed by atoms with Gasteiger partial charge >= 0.3 is 135 Å². The van der Waals surface area contributed by atoms with E-state index in [4.69, 9.17) is 0 Å². The van der Waals surface area contributed by atoms with Crippen LogP contribution in [0.5, 0.6) is 0 Å². The Labute approximate surface area is 135 Å². The molecule has 0 aromatic heterocycles. The van der Waals surface area contributed by atoms with E-state index in [9.17, 15) is 9.59 Å². The van der Waals surface area contributed by atoms with E-state index in [2.05, 4.69) is 34.9 Å². The summed E-state index contributed by atoms with van der Waals surface area (Å²) in [7, 11) is 0. The first-order valence-corrected chi connectivity index (χ1v) is 12.0. The van der Waals surface area contributed by atoms with Gasteiger partial charge in [-0.15, -0.1) is 0 Å². The molecule has 1 aliphatic carbocycles. The molecule has 1 fully saturated rings. The van der Waals surface area contributed by atoms with E-state index < -0.39 is 17.9 Å². The third kappa shape index (κ3) is 4.56. The Morgan fingerprint density at radius 2 is 1.67 bits per heavy atom. The molecule has 0 aliphatic heterocycles. The summed E-state index contributed by atoms with van der Waals surface area (Å²) < 4.78 is -0.0524. The fourth-order valence-electron chi connectivity index (χ4n) is 3.92. The molecule has 1 saturated carbocycles. The molecule has 0 saturated heterocycles. The van der Waals surface area contributed by atoms with Crippen LogP contribution >= 0.6 is 0 Å². The van der Waals surface area contributed by atoms with Crippen LogP contribution in [0, 0.1) is 5.41 Å². The van der Waals surface area contributed by atoms with Gasteiger partial charge in [0.1, 0.15) is 0 Å². The molecule has 1 aliphatic rings. The topological polar surface area (TPSA) is 58.2 Å². The second-order valence-electron chi connectivity index (χ2n) is 6.95. The minimum atomic E-state index is -1.41. The average molecular weight is 331 g/mol. The van der Waals surface area contributed by atoms with Gasteiger partial charge in [-0.3, -0.25) is 0 Å². The summed E-state index contributed by atoms with van der Waals surface area (Å²) >= 11 is -1.41. The standard InChI is InChI=1S/C14H25N2O2.2CH3.Ti/c1-5-14(6-2)8-12(15-10(3)17)7-13(9-14)16-11(4)18;;;/h12H,5-9H2,1-4H3,(H,15,17)(H,16,18);2*1H3;. The van der Waals surface area contributed by atoms with Crippen molar-refractivity contribution in [2.45, 2.75) is 80.1 Å². The van der Waals surface area contributed by atoms with E-state index >= 15 is 0 Å². The maximum absolute atomic E-state index is 11.8. The summed E-state index contributed by atoms with van der Waals surface area (Å²) in [5.74, 6) is 0.0989. The molecule has 5 heteroatoms. The van der Waals surface area contributed by atoms with Gasteiger partial charge in [-0.05, 0) is 0 Å². The van der Waals surface area contributed by atoms with Gasteiger partial charge in [0.2, 0.25) is 0 Å². The number of amides is 2. The van der Waals surface area contributed by atoms with Gasteiger partial charge in [0.05, 0.1) is 0 Å². The summed E-state index contributed by atoms with van der Waals surface area (Å²) in [5, 5.41) is 11.1. The van der Waals surface area contributed by atoms with E-state index in [0.29, 0.717) is 0 Å². The molecule has 2 amide bonds. The Morgan fingerprint density at radius 3 is 2.05 bits per heavy atom. The van der Waals surface area contributed by atoms with Crippen LogP contribution in [0.3, 0.4) is 0 Å². The molecule has 21 heavy (non-hydrogen) atoms. The molecule has 1 rings (SSSR count). The molecule has 2 atom stereocenters. The van der Waals surface area contributed by atoms with Crippen LogP contribution in [0.2, 0.25) is 10.5 Å². The molecule has 0 heterocycles. The normalized spacial score (nSPS) is 27.8. The Morgan fingerprint density at radius 1 is 1.10 bits per heavy atom. The molecular formula is C16H31N2O2Ti. The molecule has 2 unspecified atom stereocenters. The SMILES string of the molecule is CCC1(CC)CC(NC(C)=O)C[C](NC(C)=O)([Ti]([CH3])[CH3])C1. The molecule has 0 spiro atoms. The number of rotatable bonds is 5. The van der Waals surface area contributed by atoms with Crippen LogP contribution in [-0.4, -0.2) is 21.7 Å². The Hall–Kier alpha value is -0.346. The number of carbonyl (C=O) groups is 2. The summed E-state index contributed by atoms with van der Waals surface area (Å²) in [6.07, 6.45) is 5.22. The van der Waals surface area contributed by atoms with Crippen LogP contribution in [0.15, 0.2) is 0 Å². The quantitative estimate of drug-likeness (QED) is 0.761. The zero-order chi connectivity index (χ0) is 16.3. The molecule has 0 bridgehead atoms. The van der Waals surface area contributed by atoms with Crippen molar-refractivity contribution in [2.24, 2.45) is 5.41 Å². The van der Waals surface area contributed by atoms with Crippen molar-refractivity contribution in [1.29, 1.82) is 0 Å². The summed E-state index contributed by atoms with van der Waals surface area (Å²) in [6.45, 7) is 7.68. The van der Waals surface area contributed by atoms with Crippen LogP contribution in [0.1, 0.15) is 59.8 Å². The zero-order valence-corrected chi connectivity index (χ0v) is 16.0. The van der Waals surface area contributed by atoms with E-state index in [1.54, 1.807) is 13.8 Å². The van der Waals surface area contributed by atoms with E-state index in [-0.39, 0.29) is 27.1 Å². The van der Waals surface area contributed by atoms with E-state index in [0.717, 1.165) is 32.1 Å². The van der Waals surface area contributed by atoms with Crippen molar-refractivity contribution in [3.8, 4) is 0 Å². The van der Waals surface area contributed by atoms with Gasteiger partial charge in [0.15, 0.2) is 0 Å². The van der Waals surface area contributed by atoms with Gasteiger partial charge < -0.3 is 0 Å². The fraction of sp³-hybridized carbons (Fsp3) is 0.875. The van der Waals surface area contributed by atoms with Gasteiger partial charge in [-0.1, -0.05) is 0 Å². The average Bonchev–Trinajstić information content (AvgIpc) is 2.36. The Bertz CT molecular complexity index is 394. The number of carbonyl (C=O) groups excluding carboxylic acids is 2. The number of nitrogens with one attached hydrogen (secondary N) is 2. The second-order valence-corrected chi connectivity index (χ2v) is 11.6. The van der Waals surface area contributed by atoms with Crippen LogP contribution in [-0.2, 0) is 27.5 Å². The first kappa shape index (κ1) is 18.7. The molecular weight excluding hydrogens is 300 g/mol. The van der Waals surface area contributed by atoms with Crippen molar-refractivity contribution in [3.05, 3.63) is 0 Å². The predicted octanol–water partition coefficient (Wildman–Crippen LogP) is 3.03. The van der Waals surface area contributed by atoms with E-state index in [1.807, 2.05) is 0 Å². The Kier molecular flexibility index (Phi) is 6.48. The van der Waals surface area contributed by atoms with Gasteiger partial charge in [-0.25, -0.2) is 0 Å². The Balaban J connectivity index is 3.15. The predicted molar refractivity (Wildman–Crippen MR) is 82.7 cm³/mol. The zero-order valence-electron chi connectivity index (χ0n) is 14.4. The van der Waals surface area contributed by atoms with Crippen molar-refractivity contribution in [1.82, 2.24) is 10.6 Å². The van der Waals surface area contributed by atoms with Crippen LogP contribution in [0.4, 0.5) is 0 Å². The first-order valence-electron chi connectivity index (χ1n) is 8.05. The summed E-state index contributed by atoms with van der Waals surface area (Å²) in [6, 6.07) is 0.186. The van der Waals surface area contributed by atoms with Crippen LogP contribution in [0.25, 0.3) is 0 Å². The van der Waals surface area contributed by atoms with Crippen molar-refractivity contribution in [2.75, 3.05) is 0 Å². The van der Waals surface area contributed by atoms with Gasteiger partial charge in [0, 0.05) is 0 Å². The van der Waals surface area contributed by atoms with Crippen molar-refractivity contribution in [3.63, 3.8) is 0 Å². The molecule has 121 valence electrons. The molecule has 2 N–H and O–H groups in total. The van der Waals surface area contributed by atoms with Gasteiger partial charge in [-0.2, -0.15) is 0 Å².